The number of unbranched alkanes of at least 4 members (excludes halogenated alkanes) is 1. The van der Waals surface area contributed by atoms with Gasteiger partial charge in [-0.25, -0.2) is 8.42 Å². The lowest BCUT2D eigenvalue weighted by molar-refractivity contribution is -0.156. The summed E-state index contributed by atoms with van der Waals surface area (Å²) < 4.78 is 30.7. The van der Waals surface area contributed by atoms with Crippen molar-refractivity contribution in [1.82, 2.24) is 0 Å². The number of rotatable bonds is 9. The molecule has 0 spiro atoms. The van der Waals surface area contributed by atoms with Gasteiger partial charge in [0.05, 0.1) is 10.6 Å². The molecule has 0 radical (unpaired) electrons. The molecule has 1 fully saturated rings. The maximum atomic E-state index is 12.6. The Bertz CT molecular complexity index is 972. The number of benzene rings is 2. The molecule has 2 aromatic rings. The lowest BCUT2D eigenvalue weighted by Crippen LogP contribution is -2.33. The van der Waals surface area contributed by atoms with Crippen molar-refractivity contribution in [1.29, 1.82) is 5.41 Å². The number of esters is 1. The summed E-state index contributed by atoms with van der Waals surface area (Å²) in [6.07, 6.45) is 3.99. The van der Waals surface area contributed by atoms with Crippen LogP contribution < -0.4 is 5.73 Å². The van der Waals surface area contributed by atoms with E-state index in [-0.39, 0.29) is 36.0 Å². The van der Waals surface area contributed by atoms with Crippen molar-refractivity contribution < 1.29 is 17.9 Å². The molecule has 0 bridgehead atoms. The first-order chi connectivity index (χ1) is 14.3. The zero-order chi connectivity index (χ0) is 21.6. The van der Waals surface area contributed by atoms with Gasteiger partial charge < -0.3 is 10.5 Å². The Labute approximate surface area is 177 Å². The van der Waals surface area contributed by atoms with Crippen molar-refractivity contribution in [3.05, 3.63) is 65.7 Å². The van der Waals surface area contributed by atoms with Gasteiger partial charge in [-0.1, -0.05) is 42.5 Å². The van der Waals surface area contributed by atoms with E-state index in [1.54, 1.807) is 30.3 Å². The van der Waals surface area contributed by atoms with E-state index in [9.17, 15) is 13.2 Å². The van der Waals surface area contributed by atoms with Gasteiger partial charge in [-0.15, -0.1) is 0 Å². The number of carbonyl (C=O) groups excluding carboxylic acids is 1. The molecule has 2 aromatic carbocycles. The number of ether oxygens (including phenoxy) is 1. The summed E-state index contributed by atoms with van der Waals surface area (Å²) in [5.74, 6) is -0.477. The summed E-state index contributed by atoms with van der Waals surface area (Å²) in [6, 6.07) is 16.0. The number of hydrogen-bond donors (Lipinski definition) is 2. The molecule has 1 heterocycles. The number of amidine groups is 1. The van der Waals surface area contributed by atoms with Crippen LogP contribution in [0.4, 0.5) is 0 Å². The fourth-order valence-electron chi connectivity index (χ4n) is 3.86. The predicted molar refractivity (Wildman–Crippen MR) is 116 cm³/mol. The van der Waals surface area contributed by atoms with Crippen LogP contribution in [0.5, 0.6) is 0 Å². The zero-order valence-corrected chi connectivity index (χ0v) is 17.7. The van der Waals surface area contributed by atoms with E-state index in [4.69, 9.17) is 15.9 Å². The second-order valence-electron chi connectivity index (χ2n) is 7.87. The Morgan fingerprint density at radius 2 is 1.77 bits per heavy atom. The smallest absolute Gasteiger partial charge is 0.306 e. The minimum atomic E-state index is -3.41. The van der Waals surface area contributed by atoms with Crippen LogP contribution in [0.25, 0.3) is 0 Å². The predicted octanol–water partition coefficient (Wildman–Crippen LogP) is 3.48. The zero-order valence-electron chi connectivity index (χ0n) is 16.9. The van der Waals surface area contributed by atoms with Crippen LogP contribution in [-0.2, 0) is 25.8 Å². The quantitative estimate of drug-likeness (QED) is 0.275. The normalized spacial score (nSPS) is 19.3. The largest absolute Gasteiger partial charge is 0.462 e. The van der Waals surface area contributed by atoms with Crippen LogP contribution in [0.2, 0.25) is 0 Å². The molecule has 1 aliphatic rings. The average Bonchev–Trinajstić information content (AvgIpc) is 2.71. The summed E-state index contributed by atoms with van der Waals surface area (Å²) in [5.41, 5.74) is 7.35. The van der Waals surface area contributed by atoms with Crippen LogP contribution in [0.15, 0.2) is 59.5 Å². The van der Waals surface area contributed by atoms with Crippen molar-refractivity contribution in [2.75, 3.05) is 5.75 Å². The van der Waals surface area contributed by atoms with Crippen LogP contribution in [0.3, 0.4) is 0 Å². The molecule has 0 aromatic heterocycles. The molecule has 0 unspecified atom stereocenters. The lowest BCUT2D eigenvalue weighted by atomic mass is 9.93. The van der Waals surface area contributed by atoms with Gasteiger partial charge in [0.2, 0.25) is 0 Å². The number of carbonyl (C=O) groups is 1. The third-order valence-corrected chi connectivity index (χ3v) is 7.31. The van der Waals surface area contributed by atoms with Crippen molar-refractivity contribution in [3.8, 4) is 0 Å². The molecule has 6 nitrogen and oxygen atoms in total. The Morgan fingerprint density at radius 3 is 2.43 bits per heavy atom. The molecule has 1 aliphatic heterocycles. The Morgan fingerprint density at radius 1 is 1.07 bits per heavy atom. The molecule has 1 saturated heterocycles. The first kappa shape index (κ1) is 22.0. The number of cyclic esters (lactones) is 1. The molecular weight excluding hydrogens is 400 g/mol. The molecule has 0 amide bonds. The number of sulfone groups is 1. The van der Waals surface area contributed by atoms with E-state index in [0.29, 0.717) is 16.9 Å². The van der Waals surface area contributed by atoms with Gasteiger partial charge in [0.25, 0.3) is 0 Å². The molecule has 160 valence electrons. The maximum absolute atomic E-state index is 12.6. The van der Waals surface area contributed by atoms with Gasteiger partial charge in [0, 0.05) is 12.0 Å². The van der Waals surface area contributed by atoms with Gasteiger partial charge in [-0.3, -0.25) is 10.2 Å². The van der Waals surface area contributed by atoms with Gasteiger partial charge in [0.15, 0.2) is 9.84 Å². The summed E-state index contributed by atoms with van der Waals surface area (Å²) in [7, 11) is -3.41. The highest BCUT2D eigenvalue weighted by molar-refractivity contribution is 7.91. The van der Waals surface area contributed by atoms with Crippen LogP contribution >= 0.6 is 0 Å². The number of nitrogens with two attached hydrogens (primary N) is 1. The van der Waals surface area contributed by atoms with E-state index >= 15 is 0 Å². The van der Waals surface area contributed by atoms with Gasteiger partial charge in [0.1, 0.15) is 11.9 Å². The molecule has 2 atom stereocenters. The van der Waals surface area contributed by atoms with Crippen molar-refractivity contribution in [2.24, 2.45) is 11.7 Å². The highest BCUT2D eigenvalue weighted by atomic mass is 32.2. The molecule has 30 heavy (non-hydrogen) atoms. The highest BCUT2D eigenvalue weighted by Gasteiger charge is 2.32. The highest BCUT2D eigenvalue weighted by Crippen LogP contribution is 2.28. The van der Waals surface area contributed by atoms with E-state index in [1.807, 2.05) is 24.3 Å². The molecule has 0 saturated carbocycles. The summed E-state index contributed by atoms with van der Waals surface area (Å²) >= 11 is 0. The number of hydrogen-bond acceptors (Lipinski definition) is 5. The van der Waals surface area contributed by atoms with Crippen LogP contribution in [0, 0.1) is 11.3 Å². The number of aryl methyl sites for hydroxylation is 1. The third-order valence-electron chi connectivity index (χ3n) is 5.41. The van der Waals surface area contributed by atoms with E-state index in [0.717, 1.165) is 25.7 Å². The topological polar surface area (TPSA) is 110 Å². The first-order valence-corrected chi connectivity index (χ1v) is 11.9. The minimum Gasteiger partial charge on any atom is -0.462 e. The van der Waals surface area contributed by atoms with Crippen molar-refractivity contribution in [2.45, 2.75) is 49.5 Å². The molecule has 3 N–H and O–H groups in total. The molecular formula is C23H28N2O4S. The summed E-state index contributed by atoms with van der Waals surface area (Å²) in [6.45, 7) is 0. The fourth-order valence-corrected chi connectivity index (χ4v) is 5.50. The second kappa shape index (κ2) is 9.89. The Balaban J connectivity index is 1.47. The van der Waals surface area contributed by atoms with Crippen molar-refractivity contribution >= 4 is 21.6 Å². The second-order valence-corrected chi connectivity index (χ2v) is 9.90. The SMILES string of the molecule is N=C(N)c1ccc(CCCC[C@H]2C[C@@H](CS(=O)(=O)c3ccccc3)CC(=O)O2)cc1. The minimum absolute atomic E-state index is 0.0227. The van der Waals surface area contributed by atoms with Crippen LogP contribution in [0.1, 0.15) is 43.2 Å². The monoisotopic (exact) mass is 428 g/mol. The average molecular weight is 429 g/mol. The Kier molecular flexibility index (Phi) is 7.26. The third kappa shape index (κ3) is 6.16. The molecule has 7 heteroatoms. The Hall–Kier alpha value is -2.67. The summed E-state index contributed by atoms with van der Waals surface area (Å²) in [5, 5.41) is 7.42. The van der Waals surface area contributed by atoms with Gasteiger partial charge in [-0.05, 0) is 55.7 Å². The standard InChI is InChI=1S/C23H28N2O4S/c24-23(25)19-12-10-17(11-13-19)6-4-5-7-20-14-18(15-22(26)29-20)16-30(27,28)21-8-2-1-3-9-21/h1-3,8-13,18,20H,4-7,14-16H2,(H3,24,25)/t18-,20+/m1/s1. The first-order valence-electron chi connectivity index (χ1n) is 10.2. The van der Waals surface area contributed by atoms with E-state index in [2.05, 4.69) is 0 Å². The van der Waals surface area contributed by atoms with E-state index in [1.165, 1.54) is 5.56 Å². The number of nitrogens with one attached hydrogen (secondary N) is 1. The van der Waals surface area contributed by atoms with Crippen LogP contribution in [-0.4, -0.2) is 32.1 Å². The molecule has 3 rings (SSSR count). The fraction of sp³-hybridized carbons (Fsp3) is 0.391. The number of nitrogen functional groups attached to an aromatic ring is 1. The van der Waals surface area contributed by atoms with Gasteiger partial charge >= 0.3 is 5.97 Å². The summed E-state index contributed by atoms with van der Waals surface area (Å²) in [4.78, 5) is 12.3. The van der Waals surface area contributed by atoms with Crippen molar-refractivity contribution in [3.63, 3.8) is 0 Å². The lowest BCUT2D eigenvalue weighted by Gasteiger charge is -2.28. The van der Waals surface area contributed by atoms with E-state index < -0.39 is 9.84 Å². The maximum Gasteiger partial charge on any atom is 0.306 e. The molecule has 0 aliphatic carbocycles. The van der Waals surface area contributed by atoms with Gasteiger partial charge in [-0.2, -0.15) is 0 Å².